The topological polar surface area (TPSA) is 48.7 Å². The van der Waals surface area contributed by atoms with Crippen molar-refractivity contribution in [1.82, 2.24) is 10.2 Å². The molecule has 0 bridgehead atoms. The third kappa shape index (κ3) is 4.72. The van der Waals surface area contributed by atoms with Crippen molar-refractivity contribution < 1.29 is 9.21 Å². The number of furan rings is 1. The van der Waals surface area contributed by atoms with E-state index >= 15 is 0 Å². The Kier molecular flexibility index (Phi) is 6.78. The second-order valence-corrected chi connectivity index (χ2v) is 8.91. The van der Waals surface area contributed by atoms with E-state index in [1.54, 1.807) is 12.3 Å². The quantitative estimate of drug-likeness (QED) is 0.647. The maximum absolute atomic E-state index is 12.7. The number of benzene rings is 1. The Morgan fingerprint density at radius 3 is 2.87 bits per heavy atom. The van der Waals surface area contributed by atoms with Crippen molar-refractivity contribution in [2.75, 3.05) is 24.5 Å². The molecule has 1 fully saturated rings. The van der Waals surface area contributed by atoms with Gasteiger partial charge in [0.15, 0.2) is 0 Å². The molecule has 2 unspecified atom stereocenters. The van der Waals surface area contributed by atoms with Gasteiger partial charge in [0.2, 0.25) is 0 Å². The smallest absolute Gasteiger partial charge is 0.254 e. The van der Waals surface area contributed by atoms with E-state index in [1.807, 2.05) is 0 Å². The van der Waals surface area contributed by atoms with Crippen molar-refractivity contribution in [2.45, 2.75) is 71.0 Å². The average molecular weight is 410 g/mol. The highest BCUT2D eigenvalue weighted by Crippen LogP contribution is 2.33. The van der Waals surface area contributed by atoms with E-state index in [9.17, 15) is 4.79 Å². The summed E-state index contributed by atoms with van der Waals surface area (Å²) in [4.78, 5) is 17.7. The third-order valence-electron chi connectivity index (χ3n) is 6.75. The highest BCUT2D eigenvalue weighted by atomic mass is 16.3. The molecular weight excluding hydrogens is 374 g/mol. The zero-order valence-electron chi connectivity index (χ0n) is 18.4. The Hall–Kier alpha value is -2.27. The number of nitrogens with one attached hydrogen (secondary N) is 1. The molecule has 1 aromatic carbocycles. The van der Waals surface area contributed by atoms with Crippen LogP contribution >= 0.6 is 0 Å². The molecule has 2 aromatic rings. The van der Waals surface area contributed by atoms with Gasteiger partial charge in [-0.1, -0.05) is 24.6 Å². The molecule has 5 heteroatoms. The Morgan fingerprint density at radius 2 is 2.00 bits per heavy atom. The Morgan fingerprint density at radius 1 is 1.13 bits per heavy atom. The van der Waals surface area contributed by atoms with Crippen molar-refractivity contribution >= 4 is 11.6 Å². The summed E-state index contributed by atoms with van der Waals surface area (Å²) in [6.45, 7) is 8.27. The highest BCUT2D eigenvalue weighted by Gasteiger charge is 2.28. The second-order valence-electron chi connectivity index (χ2n) is 8.91. The number of hydrogen-bond donors (Lipinski definition) is 1. The maximum atomic E-state index is 12.7. The van der Waals surface area contributed by atoms with Gasteiger partial charge in [-0.25, -0.2) is 0 Å². The van der Waals surface area contributed by atoms with E-state index in [-0.39, 0.29) is 5.91 Å². The zero-order chi connectivity index (χ0) is 20.9. The monoisotopic (exact) mass is 409 g/mol. The fourth-order valence-corrected chi connectivity index (χ4v) is 4.92. The largest absolute Gasteiger partial charge is 0.467 e. The van der Waals surface area contributed by atoms with E-state index in [0.29, 0.717) is 30.7 Å². The summed E-state index contributed by atoms with van der Waals surface area (Å²) in [5.41, 5.74) is 3.28. The number of hydrogen-bond acceptors (Lipinski definition) is 4. The molecule has 162 valence electrons. The number of para-hydroxylation sites is 1. The lowest BCUT2D eigenvalue weighted by Gasteiger charge is -2.33. The molecule has 3 heterocycles. The van der Waals surface area contributed by atoms with Crippen LogP contribution in [0.1, 0.15) is 67.6 Å². The molecule has 5 nitrogen and oxygen atoms in total. The average Bonchev–Trinajstić information content (AvgIpc) is 3.34. The number of amides is 1. The van der Waals surface area contributed by atoms with Crippen LogP contribution in [0.15, 0.2) is 41.0 Å². The minimum absolute atomic E-state index is 0.0229. The molecule has 4 rings (SSSR count). The lowest BCUT2D eigenvalue weighted by Crippen LogP contribution is -2.38. The van der Waals surface area contributed by atoms with Crippen molar-refractivity contribution in [3.63, 3.8) is 0 Å². The van der Waals surface area contributed by atoms with Crippen LogP contribution in [-0.2, 0) is 13.0 Å². The molecule has 0 saturated carbocycles. The number of carbonyl (C=O) groups is 1. The lowest BCUT2D eigenvalue weighted by atomic mass is 10.0. The molecule has 2 aliphatic rings. The van der Waals surface area contributed by atoms with Gasteiger partial charge in [-0.15, -0.1) is 0 Å². The van der Waals surface area contributed by atoms with E-state index in [2.05, 4.69) is 53.2 Å². The predicted octanol–water partition coefficient (Wildman–Crippen LogP) is 4.62. The molecule has 30 heavy (non-hydrogen) atoms. The van der Waals surface area contributed by atoms with Gasteiger partial charge < -0.3 is 19.5 Å². The molecule has 2 atom stereocenters. The SMILES string of the molecule is CC1CCCCN1CCCCNC(=O)c1ccoc1CN1c2ccccc2CC1C. The minimum Gasteiger partial charge on any atom is -0.467 e. The van der Waals surface area contributed by atoms with Crippen LogP contribution in [0.3, 0.4) is 0 Å². The van der Waals surface area contributed by atoms with Gasteiger partial charge in [0.25, 0.3) is 5.91 Å². The van der Waals surface area contributed by atoms with E-state index in [4.69, 9.17) is 4.42 Å². The van der Waals surface area contributed by atoms with Crippen LogP contribution in [0.2, 0.25) is 0 Å². The second kappa shape index (κ2) is 9.69. The number of piperidine rings is 1. The molecule has 0 aliphatic carbocycles. The molecule has 1 amide bonds. The number of fused-ring (bicyclic) bond motifs is 1. The van der Waals surface area contributed by atoms with Crippen LogP contribution < -0.4 is 10.2 Å². The fourth-order valence-electron chi connectivity index (χ4n) is 4.92. The standard InChI is InChI=1S/C25H35N3O2/c1-19-9-5-7-14-27(19)15-8-6-13-26-25(29)22-12-16-30-24(22)18-28-20(2)17-21-10-3-4-11-23(21)28/h3-4,10-12,16,19-20H,5-9,13-15,17-18H2,1-2H3,(H,26,29). The van der Waals surface area contributed by atoms with Gasteiger partial charge in [0.1, 0.15) is 5.76 Å². The van der Waals surface area contributed by atoms with Crippen molar-refractivity contribution in [2.24, 2.45) is 0 Å². The number of rotatable bonds is 8. The molecule has 1 aromatic heterocycles. The van der Waals surface area contributed by atoms with Gasteiger partial charge in [0.05, 0.1) is 18.4 Å². The Bertz CT molecular complexity index is 846. The van der Waals surface area contributed by atoms with Crippen LogP contribution in [0.5, 0.6) is 0 Å². The van der Waals surface area contributed by atoms with Crippen LogP contribution in [0.25, 0.3) is 0 Å². The van der Waals surface area contributed by atoms with Gasteiger partial charge >= 0.3 is 0 Å². The normalized spacial score (nSPS) is 21.6. The maximum Gasteiger partial charge on any atom is 0.254 e. The van der Waals surface area contributed by atoms with Crippen molar-refractivity contribution in [3.05, 3.63) is 53.5 Å². The summed E-state index contributed by atoms with van der Waals surface area (Å²) in [6.07, 6.45) is 8.82. The molecule has 1 N–H and O–H groups in total. The molecular formula is C25H35N3O2. The molecule has 2 aliphatic heterocycles. The number of carbonyl (C=O) groups excluding carboxylic acids is 1. The first-order valence-electron chi connectivity index (χ1n) is 11.6. The number of nitrogens with zero attached hydrogens (tertiary/aromatic N) is 2. The summed E-state index contributed by atoms with van der Waals surface area (Å²) >= 11 is 0. The summed E-state index contributed by atoms with van der Waals surface area (Å²) in [5.74, 6) is 0.725. The zero-order valence-corrected chi connectivity index (χ0v) is 18.4. The molecule has 0 spiro atoms. The van der Waals surface area contributed by atoms with Gasteiger partial charge in [-0.2, -0.15) is 0 Å². The summed E-state index contributed by atoms with van der Waals surface area (Å²) in [6, 6.07) is 11.4. The number of unbranched alkanes of at least 4 members (excludes halogenated alkanes) is 1. The van der Waals surface area contributed by atoms with Gasteiger partial charge in [0, 0.05) is 24.3 Å². The summed E-state index contributed by atoms with van der Waals surface area (Å²) in [5, 5.41) is 3.09. The first-order valence-corrected chi connectivity index (χ1v) is 11.6. The van der Waals surface area contributed by atoms with E-state index in [0.717, 1.165) is 31.6 Å². The molecule has 1 saturated heterocycles. The van der Waals surface area contributed by atoms with Crippen molar-refractivity contribution in [1.29, 1.82) is 0 Å². The lowest BCUT2D eigenvalue weighted by molar-refractivity contribution is 0.0949. The van der Waals surface area contributed by atoms with Crippen molar-refractivity contribution in [3.8, 4) is 0 Å². The van der Waals surface area contributed by atoms with Crippen LogP contribution in [0, 0.1) is 0 Å². The fraction of sp³-hybridized carbons (Fsp3) is 0.560. The van der Waals surface area contributed by atoms with E-state index < -0.39 is 0 Å². The van der Waals surface area contributed by atoms with Crippen LogP contribution in [-0.4, -0.2) is 42.5 Å². The first-order chi connectivity index (χ1) is 14.6. The minimum atomic E-state index is -0.0229. The van der Waals surface area contributed by atoms with Gasteiger partial charge in [-0.05, 0) is 76.7 Å². The number of anilines is 1. The third-order valence-corrected chi connectivity index (χ3v) is 6.75. The van der Waals surface area contributed by atoms with Gasteiger partial charge in [-0.3, -0.25) is 4.79 Å². The van der Waals surface area contributed by atoms with Crippen LogP contribution in [0.4, 0.5) is 5.69 Å². The Labute approximate surface area is 180 Å². The summed E-state index contributed by atoms with van der Waals surface area (Å²) < 4.78 is 5.72. The highest BCUT2D eigenvalue weighted by molar-refractivity contribution is 5.95. The van der Waals surface area contributed by atoms with E-state index in [1.165, 1.54) is 37.1 Å². The Balaban J connectivity index is 1.26. The molecule has 0 radical (unpaired) electrons. The first kappa shape index (κ1) is 21.0. The summed E-state index contributed by atoms with van der Waals surface area (Å²) in [7, 11) is 0. The predicted molar refractivity (Wildman–Crippen MR) is 121 cm³/mol. The number of likely N-dealkylation sites (tertiary alicyclic amines) is 1.